The number of hydrogen-bond donors (Lipinski definition) is 0. The first-order chi connectivity index (χ1) is 7.25. The smallest absolute Gasteiger partial charge is 0.0240 e. The maximum Gasteiger partial charge on any atom is 0.0240 e. The number of nitrogens with zero attached hydrogens (tertiary/aromatic N) is 1. The Labute approximate surface area is 102 Å². The fourth-order valence-electron chi connectivity index (χ4n) is 2.62. The van der Waals surface area contributed by atoms with Crippen molar-refractivity contribution < 1.29 is 0 Å². The fraction of sp³-hybridized carbons (Fsp3) is 0.286. The first kappa shape index (κ1) is 11.4. The summed E-state index contributed by atoms with van der Waals surface area (Å²) in [6, 6.07) is 11.0. The van der Waals surface area contributed by atoms with Crippen LogP contribution in [0.15, 0.2) is 30.3 Å². The second kappa shape index (κ2) is 4.08. The molecule has 1 nitrogen and oxygen atoms in total. The van der Waals surface area contributed by atoms with Crippen molar-refractivity contribution in [1.82, 2.24) is 4.90 Å². The molecule has 1 aliphatic rings. The first-order valence-corrected chi connectivity index (χ1v) is 5.44. The van der Waals surface area contributed by atoms with Crippen LogP contribution in [-0.4, -0.2) is 11.9 Å². The number of fused-ring (bicyclic) bond motifs is 2. The van der Waals surface area contributed by atoms with E-state index in [0.29, 0.717) is 0 Å². The van der Waals surface area contributed by atoms with Crippen LogP contribution in [0.25, 0.3) is 10.8 Å². The zero-order chi connectivity index (χ0) is 10.4. The van der Waals surface area contributed by atoms with E-state index < -0.39 is 0 Å². The van der Waals surface area contributed by atoms with Crippen LogP contribution in [0.5, 0.6) is 0 Å². The molecule has 3 rings (SSSR count). The zero-order valence-corrected chi connectivity index (χ0v) is 10.5. The third-order valence-corrected chi connectivity index (χ3v) is 3.40. The molecule has 0 saturated carbocycles. The van der Waals surface area contributed by atoms with E-state index >= 15 is 0 Å². The van der Waals surface area contributed by atoms with Crippen molar-refractivity contribution in [1.29, 1.82) is 0 Å². The highest BCUT2D eigenvalue weighted by Gasteiger charge is 2.18. The van der Waals surface area contributed by atoms with Gasteiger partial charge in [-0.3, -0.25) is 4.90 Å². The Morgan fingerprint density at radius 1 is 1.12 bits per heavy atom. The van der Waals surface area contributed by atoms with E-state index in [-0.39, 0.29) is 12.4 Å². The molecule has 2 heteroatoms. The van der Waals surface area contributed by atoms with Crippen molar-refractivity contribution >= 4 is 23.2 Å². The van der Waals surface area contributed by atoms with Crippen molar-refractivity contribution in [2.45, 2.75) is 20.0 Å². The van der Waals surface area contributed by atoms with Crippen LogP contribution in [0, 0.1) is 6.92 Å². The van der Waals surface area contributed by atoms with Crippen molar-refractivity contribution in [3.05, 3.63) is 47.0 Å². The fourth-order valence-corrected chi connectivity index (χ4v) is 2.62. The van der Waals surface area contributed by atoms with Crippen LogP contribution in [-0.2, 0) is 13.1 Å². The van der Waals surface area contributed by atoms with E-state index in [4.69, 9.17) is 0 Å². The summed E-state index contributed by atoms with van der Waals surface area (Å²) >= 11 is 0. The second-order valence-electron chi connectivity index (χ2n) is 4.53. The quantitative estimate of drug-likeness (QED) is 0.673. The zero-order valence-electron chi connectivity index (χ0n) is 9.66. The van der Waals surface area contributed by atoms with Gasteiger partial charge in [0, 0.05) is 13.1 Å². The van der Waals surface area contributed by atoms with E-state index in [0.717, 1.165) is 13.1 Å². The molecule has 0 saturated heterocycles. The molecule has 2 aromatic carbocycles. The predicted molar refractivity (Wildman–Crippen MR) is 71.1 cm³/mol. The van der Waals surface area contributed by atoms with E-state index in [1.165, 1.54) is 27.5 Å². The van der Waals surface area contributed by atoms with Gasteiger partial charge in [0.2, 0.25) is 0 Å². The van der Waals surface area contributed by atoms with Crippen LogP contribution in [0.3, 0.4) is 0 Å². The minimum atomic E-state index is 0. The third-order valence-electron chi connectivity index (χ3n) is 3.40. The molecular formula is C14H16ClN. The van der Waals surface area contributed by atoms with E-state index in [2.05, 4.69) is 49.2 Å². The molecule has 0 fully saturated rings. The topological polar surface area (TPSA) is 3.24 Å². The van der Waals surface area contributed by atoms with Crippen molar-refractivity contribution in [3.8, 4) is 0 Å². The lowest BCUT2D eigenvalue weighted by atomic mass is 9.97. The largest absolute Gasteiger partial charge is 0.298 e. The molecule has 1 heterocycles. The van der Waals surface area contributed by atoms with Crippen LogP contribution in [0.1, 0.15) is 16.7 Å². The molecule has 0 atom stereocenters. The molecule has 0 amide bonds. The maximum atomic E-state index is 2.37. The van der Waals surface area contributed by atoms with E-state index in [1.807, 2.05) is 0 Å². The summed E-state index contributed by atoms with van der Waals surface area (Å²) in [5.41, 5.74) is 4.51. The van der Waals surface area contributed by atoms with E-state index in [1.54, 1.807) is 0 Å². The molecule has 16 heavy (non-hydrogen) atoms. The molecule has 0 aliphatic carbocycles. The van der Waals surface area contributed by atoms with Gasteiger partial charge in [0.15, 0.2) is 0 Å². The molecule has 1 aliphatic heterocycles. The summed E-state index contributed by atoms with van der Waals surface area (Å²) in [5, 5.41) is 2.79. The van der Waals surface area contributed by atoms with Crippen molar-refractivity contribution in [2.24, 2.45) is 0 Å². The lowest BCUT2D eigenvalue weighted by Crippen LogP contribution is -2.07. The van der Waals surface area contributed by atoms with Crippen LogP contribution in [0.2, 0.25) is 0 Å². The van der Waals surface area contributed by atoms with Crippen LogP contribution >= 0.6 is 12.4 Å². The summed E-state index contributed by atoms with van der Waals surface area (Å²) in [6.45, 7) is 4.45. The number of rotatable bonds is 0. The van der Waals surface area contributed by atoms with Gasteiger partial charge >= 0.3 is 0 Å². The van der Waals surface area contributed by atoms with Crippen LogP contribution in [0.4, 0.5) is 0 Å². The monoisotopic (exact) mass is 233 g/mol. The van der Waals surface area contributed by atoms with E-state index in [9.17, 15) is 0 Å². The Kier molecular flexibility index (Phi) is 2.92. The van der Waals surface area contributed by atoms with Gasteiger partial charge in [0.25, 0.3) is 0 Å². The second-order valence-corrected chi connectivity index (χ2v) is 4.53. The number of hydrogen-bond acceptors (Lipinski definition) is 1. The molecule has 0 N–H and O–H groups in total. The van der Waals surface area contributed by atoms with Crippen molar-refractivity contribution in [3.63, 3.8) is 0 Å². The van der Waals surface area contributed by atoms with Gasteiger partial charge in [-0.2, -0.15) is 0 Å². The van der Waals surface area contributed by atoms with Gasteiger partial charge in [0.05, 0.1) is 0 Å². The average Bonchev–Trinajstić information content (AvgIpc) is 2.59. The van der Waals surface area contributed by atoms with Gasteiger partial charge in [-0.05, 0) is 47.5 Å². The Morgan fingerprint density at radius 3 is 2.69 bits per heavy atom. The van der Waals surface area contributed by atoms with Gasteiger partial charge in [-0.15, -0.1) is 12.4 Å². The van der Waals surface area contributed by atoms with Gasteiger partial charge in [-0.1, -0.05) is 24.3 Å². The summed E-state index contributed by atoms with van der Waals surface area (Å²) < 4.78 is 0. The number of halogens is 1. The first-order valence-electron chi connectivity index (χ1n) is 5.44. The minimum Gasteiger partial charge on any atom is -0.298 e. The van der Waals surface area contributed by atoms with Crippen LogP contribution < -0.4 is 0 Å². The van der Waals surface area contributed by atoms with Gasteiger partial charge in [-0.25, -0.2) is 0 Å². The summed E-state index contributed by atoms with van der Waals surface area (Å²) in [6.07, 6.45) is 0. The highest BCUT2D eigenvalue weighted by atomic mass is 35.5. The Hall–Kier alpha value is -1.05. The highest BCUT2D eigenvalue weighted by molar-refractivity contribution is 5.87. The molecule has 0 radical (unpaired) electrons. The standard InChI is InChI=1S/C14H15N.ClH/c1-10-13-6-4-3-5-11(13)7-12-8-15(2)9-14(10)12;/h3-7H,8-9H2,1-2H3;1H. The van der Waals surface area contributed by atoms with Gasteiger partial charge < -0.3 is 0 Å². The predicted octanol–water partition coefficient (Wildman–Crippen LogP) is 3.52. The molecular weight excluding hydrogens is 218 g/mol. The Bertz CT molecular complexity index is 533. The summed E-state index contributed by atoms with van der Waals surface area (Å²) in [5.74, 6) is 0. The summed E-state index contributed by atoms with van der Waals surface area (Å²) in [7, 11) is 2.18. The number of aryl methyl sites for hydroxylation is 1. The number of benzene rings is 2. The molecule has 0 spiro atoms. The third kappa shape index (κ3) is 1.60. The Balaban J connectivity index is 0.000000963. The molecule has 2 aromatic rings. The summed E-state index contributed by atoms with van der Waals surface area (Å²) in [4.78, 5) is 2.37. The highest BCUT2D eigenvalue weighted by Crippen LogP contribution is 2.30. The molecule has 0 unspecified atom stereocenters. The molecule has 0 aromatic heterocycles. The SMILES string of the molecule is Cc1c2c(cc3ccccc13)CN(C)C2.Cl. The lowest BCUT2D eigenvalue weighted by molar-refractivity contribution is 0.353. The van der Waals surface area contributed by atoms with Gasteiger partial charge in [0.1, 0.15) is 0 Å². The maximum absolute atomic E-state index is 2.37. The van der Waals surface area contributed by atoms with Crippen molar-refractivity contribution in [2.75, 3.05) is 7.05 Å². The lowest BCUT2D eigenvalue weighted by Gasteiger charge is -2.08. The minimum absolute atomic E-state index is 0. The average molecular weight is 234 g/mol. The Morgan fingerprint density at radius 2 is 1.88 bits per heavy atom. The normalized spacial score (nSPS) is 14.9. The molecule has 84 valence electrons. The molecule has 0 bridgehead atoms.